The Kier molecular flexibility index (Phi) is 6.45. The molecule has 3 rings (SSSR count). The molecule has 0 saturated carbocycles. The van der Waals surface area contributed by atoms with Gasteiger partial charge in [0.2, 0.25) is 5.91 Å². The monoisotopic (exact) mass is 416 g/mol. The van der Waals surface area contributed by atoms with Crippen molar-refractivity contribution in [2.45, 2.75) is 19.9 Å². The number of hydrogen-bond acceptors (Lipinski definition) is 7. The number of carbonyl (C=O) groups excluding carboxylic acids is 2. The maximum atomic E-state index is 13.1. The van der Waals surface area contributed by atoms with E-state index < -0.39 is 17.4 Å². The van der Waals surface area contributed by atoms with Crippen molar-refractivity contribution in [1.82, 2.24) is 14.8 Å². The molecule has 0 aliphatic heterocycles. The smallest absolute Gasteiger partial charge is 0.311 e. The third-order valence-corrected chi connectivity index (χ3v) is 4.54. The number of halogens is 1. The van der Waals surface area contributed by atoms with Crippen LogP contribution in [-0.2, 0) is 27.3 Å². The minimum Gasteiger partial charge on any atom is -0.466 e. The molecule has 0 atom stereocenters. The van der Waals surface area contributed by atoms with Crippen molar-refractivity contribution in [3.05, 3.63) is 63.6 Å². The SMILES string of the molecule is CCOC(=O)Cc1csc(NC(=O)Cn2nc(-c3ccc(F)cc3)ccc2=O)n1. The van der Waals surface area contributed by atoms with Gasteiger partial charge in [0.15, 0.2) is 5.13 Å². The number of carbonyl (C=O) groups is 2. The van der Waals surface area contributed by atoms with Crippen molar-refractivity contribution in [3.63, 3.8) is 0 Å². The summed E-state index contributed by atoms with van der Waals surface area (Å²) >= 11 is 1.16. The highest BCUT2D eigenvalue weighted by atomic mass is 32.1. The summed E-state index contributed by atoms with van der Waals surface area (Å²) < 4.78 is 18.9. The minimum atomic E-state index is -0.493. The second-order valence-electron chi connectivity index (χ2n) is 5.90. The zero-order valence-electron chi connectivity index (χ0n) is 15.4. The summed E-state index contributed by atoms with van der Waals surface area (Å²) in [6, 6.07) is 8.44. The molecular weight excluding hydrogens is 399 g/mol. The molecule has 1 amide bonds. The molecule has 3 aromatic rings. The fourth-order valence-corrected chi connectivity index (χ4v) is 3.16. The molecule has 10 heteroatoms. The van der Waals surface area contributed by atoms with E-state index in [1.807, 2.05) is 0 Å². The van der Waals surface area contributed by atoms with E-state index >= 15 is 0 Å². The number of thiazole rings is 1. The first kappa shape index (κ1) is 20.3. The Morgan fingerprint density at radius 3 is 2.69 bits per heavy atom. The number of amides is 1. The fraction of sp³-hybridized carbons (Fsp3) is 0.211. The molecule has 8 nitrogen and oxygen atoms in total. The second-order valence-corrected chi connectivity index (χ2v) is 6.75. The first-order valence-corrected chi connectivity index (χ1v) is 9.56. The van der Waals surface area contributed by atoms with Crippen molar-refractivity contribution < 1.29 is 18.7 Å². The summed E-state index contributed by atoms with van der Waals surface area (Å²) in [5.41, 5.74) is 1.08. The summed E-state index contributed by atoms with van der Waals surface area (Å²) in [6.45, 7) is 1.68. The van der Waals surface area contributed by atoms with Gasteiger partial charge in [-0.15, -0.1) is 11.3 Å². The van der Waals surface area contributed by atoms with E-state index in [1.165, 1.54) is 36.4 Å². The molecule has 0 spiro atoms. The van der Waals surface area contributed by atoms with Gasteiger partial charge in [-0.1, -0.05) is 0 Å². The standard InChI is InChI=1S/C19H17FN4O4S/c1-2-28-18(27)9-14-11-29-19(21-14)22-16(25)10-24-17(26)8-7-15(23-24)12-3-5-13(20)6-4-12/h3-8,11H,2,9-10H2,1H3,(H,21,22,25). The van der Waals surface area contributed by atoms with Crippen LogP contribution in [0.2, 0.25) is 0 Å². The highest BCUT2D eigenvalue weighted by molar-refractivity contribution is 7.13. The van der Waals surface area contributed by atoms with Gasteiger partial charge in [-0.05, 0) is 37.3 Å². The van der Waals surface area contributed by atoms with Gasteiger partial charge in [0.1, 0.15) is 12.4 Å². The molecular formula is C19H17FN4O4S. The minimum absolute atomic E-state index is 0.0148. The normalized spacial score (nSPS) is 10.6. The summed E-state index contributed by atoms with van der Waals surface area (Å²) in [7, 11) is 0. The van der Waals surface area contributed by atoms with Crippen LogP contribution in [0.1, 0.15) is 12.6 Å². The molecule has 0 unspecified atom stereocenters. The first-order valence-electron chi connectivity index (χ1n) is 8.68. The molecule has 0 saturated heterocycles. The lowest BCUT2D eigenvalue weighted by molar-refractivity contribution is -0.142. The molecule has 0 fully saturated rings. The van der Waals surface area contributed by atoms with E-state index in [-0.39, 0.29) is 25.4 Å². The molecule has 150 valence electrons. The summed E-state index contributed by atoms with van der Waals surface area (Å²) in [4.78, 5) is 39.9. The Labute approximate surface area is 169 Å². The van der Waals surface area contributed by atoms with Crippen molar-refractivity contribution in [1.29, 1.82) is 0 Å². The van der Waals surface area contributed by atoms with Crippen LogP contribution in [0, 0.1) is 5.82 Å². The first-order chi connectivity index (χ1) is 13.9. The fourth-order valence-electron chi connectivity index (χ4n) is 2.44. The van der Waals surface area contributed by atoms with Crippen LogP contribution in [0.5, 0.6) is 0 Å². The highest BCUT2D eigenvalue weighted by Gasteiger charge is 2.12. The Hall–Kier alpha value is -3.40. The van der Waals surface area contributed by atoms with Gasteiger partial charge < -0.3 is 10.1 Å². The van der Waals surface area contributed by atoms with E-state index in [0.29, 0.717) is 22.1 Å². The van der Waals surface area contributed by atoms with Crippen molar-refractivity contribution >= 4 is 28.3 Å². The van der Waals surface area contributed by atoms with Crippen LogP contribution in [0.3, 0.4) is 0 Å². The van der Waals surface area contributed by atoms with Crippen molar-refractivity contribution in [2.75, 3.05) is 11.9 Å². The van der Waals surface area contributed by atoms with Gasteiger partial charge in [0.05, 0.1) is 24.4 Å². The van der Waals surface area contributed by atoms with Crippen LogP contribution in [0.25, 0.3) is 11.3 Å². The summed E-state index contributed by atoms with van der Waals surface area (Å²) in [5.74, 6) is -1.27. The van der Waals surface area contributed by atoms with E-state index in [4.69, 9.17) is 4.74 Å². The van der Waals surface area contributed by atoms with Gasteiger partial charge in [-0.2, -0.15) is 5.10 Å². The van der Waals surface area contributed by atoms with Gasteiger partial charge in [-0.25, -0.2) is 14.1 Å². The molecule has 1 aromatic carbocycles. The zero-order chi connectivity index (χ0) is 20.8. The number of hydrogen-bond donors (Lipinski definition) is 1. The Balaban J connectivity index is 1.67. The molecule has 2 heterocycles. The molecule has 0 aliphatic rings. The van der Waals surface area contributed by atoms with Crippen molar-refractivity contribution in [2.24, 2.45) is 0 Å². The number of aromatic nitrogens is 3. The summed E-state index contributed by atoms with van der Waals surface area (Å²) in [6.07, 6.45) is 0.0148. The van der Waals surface area contributed by atoms with Crippen LogP contribution in [-0.4, -0.2) is 33.2 Å². The highest BCUT2D eigenvalue weighted by Crippen LogP contribution is 2.17. The third kappa shape index (κ3) is 5.55. The van der Waals surface area contributed by atoms with Gasteiger partial charge >= 0.3 is 5.97 Å². The number of ether oxygens (including phenoxy) is 1. The van der Waals surface area contributed by atoms with Crippen LogP contribution in [0.4, 0.5) is 9.52 Å². The quantitative estimate of drug-likeness (QED) is 0.593. The number of anilines is 1. The average molecular weight is 416 g/mol. The lowest BCUT2D eigenvalue weighted by Gasteiger charge is -2.07. The number of nitrogens with one attached hydrogen (secondary N) is 1. The van der Waals surface area contributed by atoms with Gasteiger partial charge in [-0.3, -0.25) is 14.4 Å². The van der Waals surface area contributed by atoms with E-state index in [0.717, 1.165) is 16.0 Å². The molecule has 1 N–H and O–H groups in total. The lowest BCUT2D eigenvalue weighted by atomic mass is 10.1. The molecule has 0 radical (unpaired) electrons. The Bertz CT molecular complexity index is 1080. The maximum absolute atomic E-state index is 13.1. The van der Waals surface area contributed by atoms with Crippen molar-refractivity contribution in [3.8, 4) is 11.3 Å². The predicted octanol–water partition coefficient (Wildman–Crippen LogP) is 2.25. The molecule has 0 aliphatic carbocycles. The summed E-state index contributed by atoms with van der Waals surface area (Å²) in [5, 5.41) is 8.69. The van der Waals surface area contributed by atoms with Gasteiger partial charge in [0, 0.05) is 17.0 Å². The van der Waals surface area contributed by atoms with E-state index in [9.17, 15) is 18.8 Å². The Morgan fingerprint density at radius 1 is 1.21 bits per heavy atom. The average Bonchev–Trinajstić information content (AvgIpc) is 3.11. The topological polar surface area (TPSA) is 103 Å². The molecule has 2 aromatic heterocycles. The third-order valence-electron chi connectivity index (χ3n) is 3.73. The second kappa shape index (κ2) is 9.20. The number of nitrogens with zero attached hydrogens (tertiary/aromatic N) is 3. The predicted molar refractivity (Wildman–Crippen MR) is 105 cm³/mol. The molecule has 29 heavy (non-hydrogen) atoms. The number of benzene rings is 1. The number of esters is 1. The lowest BCUT2D eigenvalue weighted by Crippen LogP contribution is -2.29. The maximum Gasteiger partial charge on any atom is 0.311 e. The Morgan fingerprint density at radius 2 is 1.97 bits per heavy atom. The van der Waals surface area contributed by atoms with E-state index in [2.05, 4.69) is 15.4 Å². The zero-order valence-corrected chi connectivity index (χ0v) is 16.2. The van der Waals surface area contributed by atoms with Crippen LogP contribution in [0.15, 0.2) is 46.6 Å². The van der Waals surface area contributed by atoms with Crippen LogP contribution < -0.4 is 10.9 Å². The largest absolute Gasteiger partial charge is 0.466 e. The molecule has 0 bridgehead atoms. The van der Waals surface area contributed by atoms with E-state index in [1.54, 1.807) is 12.3 Å². The number of rotatable bonds is 7. The van der Waals surface area contributed by atoms with Crippen LogP contribution >= 0.6 is 11.3 Å². The van der Waals surface area contributed by atoms with Gasteiger partial charge in [0.25, 0.3) is 5.56 Å².